The molecule has 1 unspecified atom stereocenters. The van der Waals surface area contributed by atoms with E-state index in [1.807, 2.05) is 0 Å². The SMILES string of the molecule is CCC(CNc1ccc(C(N)=O)cc1Cl)C(=O)O. The van der Waals surface area contributed by atoms with Crippen LogP contribution in [0.4, 0.5) is 5.69 Å². The van der Waals surface area contributed by atoms with Gasteiger partial charge in [0.2, 0.25) is 5.91 Å². The third-order valence-corrected chi connectivity index (χ3v) is 2.95. The van der Waals surface area contributed by atoms with Gasteiger partial charge in [-0.15, -0.1) is 0 Å². The third-order valence-electron chi connectivity index (χ3n) is 2.63. The highest BCUT2D eigenvalue weighted by atomic mass is 35.5. The Kier molecular flexibility index (Phi) is 4.97. The van der Waals surface area contributed by atoms with Crippen molar-refractivity contribution in [1.82, 2.24) is 0 Å². The summed E-state index contributed by atoms with van der Waals surface area (Å²) < 4.78 is 0. The molecule has 0 heterocycles. The van der Waals surface area contributed by atoms with Crippen molar-refractivity contribution in [2.75, 3.05) is 11.9 Å². The lowest BCUT2D eigenvalue weighted by molar-refractivity contribution is -0.141. The average Bonchev–Trinajstić information content (AvgIpc) is 2.30. The summed E-state index contributed by atoms with van der Waals surface area (Å²) in [5, 5.41) is 12.2. The van der Waals surface area contributed by atoms with Crippen LogP contribution in [0.2, 0.25) is 5.02 Å². The molecule has 1 aromatic rings. The number of carbonyl (C=O) groups excluding carboxylic acids is 1. The zero-order valence-electron chi connectivity index (χ0n) is 9.94. The van der Waals surface area contributed by atoms with E-state index >= 15 is 0 Å². The van der Waals surface area contributed by atoms with Crippen molar-refractivity contribution < 1.29 is 14.7 Å². The Morgan fingerprint density at radius 2 is 2.17 bits per heavy atom. The van der Waals surface area contributed by atoms with Crippen molar-refractivity contribution >= 4 is 29.2 Å². The number of halogens is 1. The molecule has 0 radical (unpaired) electrons. The molecule has 0 saturated heterocycles. The fourth-order valence-corrected chi connectivity index (χ4v) is 1.70. The van der Waals surface area contributed by atoms with Gasteiger partial charge in [-0.05, 0) is 24.6 Å². The zero-order valence-corrected chi connectivity index (χ0v) is 10.7. The normalized spacial score (nSPS) is 11.9. The van der Waals surface area contributed by atoms with Crippen molar-refractivity contribution in [1.29, 1.82) is 0 Å². The summed E-state index contributed by atoms with van der Waals surface area (Å²) >= 11 is 5.96. The number of carbonyl (C=O) groups is 2. The first-order valence-corrected chi connectivity index (χ1v) is 5.89. The van der Waals surface area contributed by atoms with E-state index < -0.39 is 17.8 Å². The Morgan fingerprint density at radius 3 is 2.61 bits per heavy atom. The van der Waals surface area contributed by atoms with Gasteiger partial charge in [0, 0.05) is 12.1 Å². The molecule has 1 atom stereocenters. The number of hydrogen-bond donors (Lipinski definition) is 3. The van der Waals surface area contributed by atoms with E-state index in [4.69, 9.17) is 22.4 Å². The molecule has 0 aromatic heterocycles. The molecule has 1 rings (SSSR count). The van der Waals surface area contributed by atoms with Gasteiger partial charge in [-0.25, -0.2) is 0 Å². The first-order valence-electron chi connectivity index (χ1n) is 5.51. The van der Waals surface area contributed by atoms with Gasteiger partial charge in [-0.1, -0.05) is 18.5 Å². The van der Waals surface area contributed by atoms with Crippen LogP contribution in [0.5, 0.6) is 0 Å². The van der Waals surface area contributed by atoms with Crippen molar-refractivity contribution in [3.8, 4) is 0 Å². The number of hydrogen-bond acceptors (Lipinski definition) is 3. The molecule has 1 amide bonds. The number of rotatable bonds is 6. The fraction of sp³-hybridized carbons (Fsp3) is 0.333. The molecule has 0 spiro atoms. The van der Waals surface area contributed by atoms with Crippen molar-refractivity contribution in [2.24, 2.45) is 11.7 Å². The summed E-state index contributed by atoms with van der Waals surface area (Å²) in [6.45, 7) is 2.08. The van der Waals surface area contributed by atoms with Crippen LogP contribution in [0, 0.1) is 5.92 Å². The van der Waals surface area contributed by atoms with E-state index in [9.17, 15) is 9.59 Å². The Bertz CT molecular complexity index is 463. The van der Waals surface area contributed by atoms with Crippen LogP contribution in [-0.4, -0.2) is 23.5 Å². The number of aliphatic carboxylic acids is 1. The van der Waals surface area contributed by atoms with Gasteiger partial charge in [0.25, 0.3) is 0 Å². The first-order chi connectivity index (χ1) is 8.45. The van der Waals surface area contributed by atoms with E-state index in [2.05, 4.69) is 5.32 Å². The molecule has 18 heavy (non-hydrogen) atoms. The maximum atomic E-state index is 10.9. The number of amides is 1. The second-order valence-corrected chi connectivity index (χ2v) is 4.29. The van der Waals surface area contributed by atoms with Gasteiger partial charge in [0.05, 0.1) is 16.6 Å². The lowest BCUT2D eigenvalue weighted by Gasteiger charge is -2.13. The second kappa shape index (κ2) is 6.26. The van der Waals surface area contributed by atoms with Crippen LogP contribution < -0.4 is 11.1 Å². The number of anilines is 1. The minimum Gasteiger partial charge on any atom is -0.481 e. The third kappa shape index (κ3) is 3.63. The molecular formula is C12H15ClN2O3. The molecule has 1 aromatic carbocycles. The number of primary amides is 1. The Labute approximate surface area is 110 Å². The van der Waals surface area contributed by atoms with Crippen LogP contribution in [0.3, 0.4) is 0 Å². The number of benzene rings is 1. The molecule has 0 fully saturated rings. The number of nitrogens with two attached hydrogens (primary N) is 1. The largest absolute Gasteiger partial charge is 0.481 e. The predicted octanol–water partition coefficient (Wildman–Crippen LogP) is 1.96. The van der Waals surface area contributed by atoms with E-state index in [-0.39, 0.29) is 6.54 Å². The summed E-state index contributed by atoms with van der Waals surface area (Å²) in [5.74, 6) is -1.88. The van der Waals surface area contributed by atoms with Gasteiger partial charge in [0.1, 0.15) is 0 Å². The maximum Gasteiger partial charge on any atom is 0.308 e. The van der Waals surface area contributed by atoms with Gasteiger partial charge in [0.15, 0.2) is 0 Å². The topological polar surface area (TPSA) is 92.4 Å². The lowest BCUT2D eigenvalue weighted by Crippen LogP contribution is -2.22. The molecule has 6 heteroatoms. The van der Waals surface area contributed by atoms with Gasteiger partial charge in [-0.3, -0.25) is 9.59 Å². The Hall–Kier alpha value is -1.75. The Morgan fingerprint density at radius 1 is 1.50 bits per heavy atom. The number of carboxylic acid groups (broad SMARTS) is 1. The van der Waals surface area contributed by atoms with E-state index in [0.29, 0.717) is 22.7 Å². The summed E-state index contributed by atoms with van der Waals surface area (Å²) in [5.41, 5.74) is 6.02. The molecule has 0 aliphatic rings. The van der Waals surface area contributed by atoms with Crippen molar-refractivity contribution in [2.45, 2.75) is 13.3 Å². The average molecular weight is 271 g/mol. The van der Waals surface area contributed by atoms with Crippen molar-refractivity contribution in [3.63, 3.8) is 0 Å². The molecule has 0 aliphatic heterocycles. The predicted molar refractivity (Wildman–Crippen MR) is 69.9 cm³/mol. The highest BCUT2D eigenvalue weighted by molar-refractivity contribution is 6.33. The van der Waals surface area contributed by atoms with Crippen LogP contribution in [0.1, 0.15) is 23.7 Å². The van der Waals surface area contributed by atoms with Gasteiger partial charge in [-0.2, -0.15) is 0 Å². The number of nitrogens with one attached hydrogen (secondary N) is 1. The van der Waals surface area contributed by atoms with E-state index in [0.717, 1.165) is 0 Å². The highest BCUT2D eigenvalue weighted by Gasteiger charge is 2.15. The molecule has 98 valence electrons. The second-order valence-electron chi connectivity index (χ2n) is 3.88. The summed E-state index contributed by atoms with van der Waals surface area (Å²) in [6, 6.07) is 4.60. The first kappa shape index (κ1) is 14.3. The fourth-order valence-electron chi connectivity index (χ4n) is 1.45. The van der Waals surface area contributed by atoms with Crippen molar-refractivity contribution in [3.05, 3.63) is 28.8 Å². The highest BCUT2D eigenvalue weighted by Crippen LogP contribution is 2.23. The molecular weight excluding hydrogens is 256 g/mol. The van der Waals surface area contributed by atoms with Crippen LogP contribution in [0.25, 0.3) is 0 Å². The monoisotopic (exact) mass is 270 g/mol. The van der Waals surface area contributed by atoms with Crippen LogP contribution in [-0.2, 0) is 4.79 Å². The molecule has 5 nitrogen and oxygen atoms in total. The lowest BCUT2D eigenvalue weighted by atomic mass is 10.1. The minimum atomic E-state index is -0.852. The van der Waals surface area contributed by atoms with Crippen LogP contribution in [0.15, 0.2) is 18.2 Å². The van der Waals surface area contributed by atoms with E-state index in [1.165, 1.54) is 12.1 Å². The molecule has 0 saturated carbocycles. The Balaban J connectivity index is 2.74. The summed E-state index contributed by atoms with van der Waals surface area (Å²) in [4.78, 5) is 21.8. The smallest absolute Gasteiger partial charge is 0.308 e. The van der Waals surface area contributed by atoms with Gasteiger partial charge < -0.3 is 16.2 Å². The summed E-state index contributed by atoms with van der Waals surface area (Å²) in [7, 11) is 0. The standard InChI is InChI=1S/C12H15ClN2O3/c1-2-7(12(17)18)6-15-10-4-3-8(11(14)16)5-9(10)13/h3-5,7,15H,2,6H2,1H3,(H2,14,16)(H,17,18). The van der Waals surface area contributed by atoms with Gasteiger partial charge >= 0.3 is 5.97 Å². The van der Waals surface area contributed by atoms with E-state index in [1.54, 1.807) is 13.0 Å². The zero-order chi connectivity index (χ0) is 13.7. The number of carboxylic acids is 1. The summed E-state index contributed by atoms with van der Waals surface area (Å²) in [6.07, 6.45) is 0.527. The molecule has 0 aliphatic carbocycles. The maximum absolute atomic E-state index is 10.9. The molecule has 4 N–H and O–H groups in total. The van der Waals surface area contributed by atoms with Crippen LogP contribution >= 0.6 is 11.6 Å². The quantitative estimate of drug-likeness (QED) is 0.737. The minimum absolute atomic E-state index is 0.279. The molecule has 0 bridgehead atoms.